The van der Waals surface area contributed by atoms with E-state index in [9.17, 15) is 19.5 Å². The average molecular weight is 328 g/mol. The average Bonchev–Trinajstić information content (AvgIpc) is 2.45. The molecule has 5 nitrogen and oxygen atoms in total. The van der Waals surface area contributed by atoms with Crippen molar-refractivity contribution >= 4 is 17.7 Å². The van der Waals surface area contributed by atoms with E-state index < -0.39 is 23.3 Å². The Hall–Kier alpha value is -1.39. The third-order valence-electron chi connectivity index (χ3n) is 4.61. The number of Topliss-reactive ketones (excluding diaryl/α,β-unsaturated/α-hetero) is 1. The second-order valence-corrected chi connectivity index (χ2v) is 6.47. The number of hydrogen-bond donors (Lipinski definition) is 2. The van der Waals surface area contributed by atoms with Crippen LogP contribution >= 0.6 is 0 Å². The van der Waals surface area contributed by atoms with Crippen LogP contribution < -0.4 is 0 Å². The van der Waals surface area contributed by atoms with Gasteiger partial charge in [-0.3, -0.25) is 14.4 Å². The molecule has 0 saturated heterocycles. The molecule has 23 heavy (non-hydrogen) atoms. The van der Waals surface area contributed by atoms with Crippen molar-refractivity contribution in [3.63, 3.8) is 0 Å². The first kappa shape index (κ1) is 21.6. The largest absolute Gasteiger partial charge is 0.481 e. The molecule has 0 rings (SSSR count). The van der Waals surface area contributed by atoms with E-state index in [0.29, 0.717) is 25.7 Å². The standard InChI is InChI=1S/C18H32O5/c1-4-12-18(13-5-2,17(22)23)15(14(3)19)10-8-6-7-9-11-16(20)21/h15H,4-13H2,1-3H3,(H,20,21)(H,22,23). The number of ketones is 1. The van der Waals surface area contributed by atoms with Gasteiger partial charge in [0.05, 0.1) is 5.41 Å². The van der Waals surface area contributed by atoms with Crippen LogP contribution in [0.5, 0.6) is 0 Å². The van der Waals surface area contributed by atoms with Crippen molar-refractivity contribution in [1.82, 2.24) is 0 Å². The van der Waals surface area contributed by atoms with Gasteiger partial charge in [-0.05, 0) is 32.6 Å². The number of aliphatic carboxylic acids is 2. The number of hydrogen-bond acceptors (Lipinski definition) is 3. The minimum Gasteiger partial charge on any atom is -0.481 e. The molecule has 0 amide bonds. The molecule has 134 valence electrons. The fourth-order valence-electron chi connectivity index (χ4n) is 3.58. The van der Waals surface area contributed by atoms with Crippen LogP contribution in [0.25, 0.3) is 0 Å². The molecule has 0 aromatic rings. The first-order valence-corrected chi connectivity index (χ1v) is 8.77. The van der Waals surface area contributed by atoms with Crippen LogP contribution in [0.1, 0.15) is 85.0 Å². The van der Waals surface area contributed by atoms with E-state index in [1.165, 1.54) is 6.92 Å². The van der Waals surface area contributed by atoms with Gasteiger partial charge in [0, 0.05) is 12.3 Å². The molecule has 0 aromatic carbocycles. The zero-order valence-electron chi connectivity index (χ0n) is 14.8. The first-order chi connectivity index (χ1) is 10.8. The number of rotatable bonds is 14. The van der Waals surface area contributed by atoms with Gasteiger partial charge in [0.1, 0.15) is 5.78 Å². The maximum atomic E-state index is 12.1. The Morgan fingerprint density at radius 3 is 1.83 bits per heavy atom. The molecule has 0 aromatic heterocycles. The van der Waals surface area contributed by atoms with Gasteiger partial charge in [0.2, 0.25) is 0 Å². The predicted octanol–water partition coefficient (Wildman–Crippen LogP) is 4.29. The van der Waals surface area contributed by atoms with Crippen molar-refractivity contribution in [1.29, 1.82) is 0 Å². The van der Waals surface area contributed by atoms with Crippen molar-refractivity contribution < 1.29 is 24.6 Å². The Kier molecular flexibility index (Phi) is 10.5. The highest BCUT2D eigenvalue weighted by Crippen LogP contribution is 2.41. The van der Waals surface area contributed by atoms with Gasteiger partial charge in [0.15, 0.2) is 0 Å². The van der Waals surface area contributed by atoms with Gasteiger partial charge < -0.3 is 10.2 Å². The summed E-state index contributed by atoms with van der Waals surface area (Å²) in [5.41, 5.74) is -0.948. The zero-order valence-corrected chi connectivity index (χ0v) is 14.8. The van der Waals surface area contributed by atoms with E-state index in [4.69, 9.17) is 5.11 Å². The van der Waals surface area contributed by atoms with Crippen molar-refractivity contribution in [2.24, 2.45) is 11.3 Å². The molecular weight excluding hydrogens is 296 g/mol. The molecule has 0 aliphatic carbocycles. The molecule has 0 bridgehead atoms. The number of carboxylic acids is 2. The lowest BCUT2D eigenvalue weighted by molar-refractivity contribution is -0.157. The highest BCUT2D eigenvalue weighted by atomic mass is 16.4. The van der Waals surface area contributed by atoms with Crippen molar-refractivity contribution in [3.8, 4) is 0 Å². The van der Waals surface area contributed by atoms with Crippen LogP contribution in [0, 0.1) is 11.3 Å². The normalized spacial score (nSPS) is 12.8. The molecule has 0 heterocycles. The highest BCUT2D eigenvalue weighted by molar-refractivity contribution is 5.87. The van der Waals surface area contributed by atoms with Gasteiger partial charge in [-0.15, -0.1) is 0 Å². The summed E-state index contributed by atoms with van der Waals surface area (Å²) in [6, 6.07) is 0. The fraction of sp³-hybridized carbons (Fsp3) is 0.833. The van der Waals surface area contributed by atoms with Gasteiger partial charge in [-0.25, -0.2) is 0 Å². The molecule has 0 aliphatic heterocycles. The number of unbranched alkanes of at least 4 members (excludes halogenated alkanes) is 3. The van der Waals surface area contributed by atoms with Crippen LogP contribution in [0.2, 0.25) is 0 Å². The van der Waals surface area contributed by atoms with E-state index in [1.54, 1.807) is 0 Å². The lowest BCUT2D eigenvalue weighted by atomic mass is 9.66. The monoisotopic (exact) mass is 328 g/mol. The minimum absolute atomic E-state index is 0.0418. The van der Waals surface area contributed by atoms with Crippen LogP contribution in [0.4, 0.5) is 0 Å². The second-order valence-electron chi connectivity index (χ2n) is 6.47. The van der Waals surface area contributed by atoms with Crippen molar-refractivity contribution in [3.05, 3.63) is 0 Å². The summed E-state index contributed by atoms with van der Waals surface area (Å²) in [5, 5.41) is 18.4. The van der Waals surface area contributed by atoms with E-state index >= 15 is 0 Å². The first-order valence-electron chi connectivity index (χ1n) is 8.77. The summed E-state index contributed by atoms with van der Waals surface area (Å²) in [6.45, 7) is 5.41. The highest BCUT2D eigenvalue weighted by Gasteiger charge is 2.45. The molecule has 0 aliphatic rings. The molecule has 0 saturated carbocycles. The molecule has 1 unspecified atom stereocenters. The third-order valence-corrected chi connectivity index (χ3v) is 4.61. The quantitative estimate of drug-likeness (QED) is 0.464. The minimum atomic E-state index is -0.948. The molecule has 0 radical (unpaired) electrons. The number of carboxylic acid groups (broad SMARTS) is 2. The summed E-state index contributed by atoms with van der Waals surface area (Å²) >= 11 is 0. The molecule has 2 N–H and O–H groups in total. The number of carbonyl (C=O) groups excluding carboxylic acids is 1. The summed E-state index contributed by atoms with van der Waals surface area (Å²) in [6.07, 6.45) is 6.34. The third kappa shape index (κ3) is 7.14. The van der Waals surface area contributed by atoms with Crippen LogP contribution in [0.3, 0.4) is 0 Å². The van der Waals surface area contributed by atoms with Gasteiger partial charge in [-0.1, -0.05) is 46.0 Å². The molecule has 0 fully saturated rings. The van der Waals surface area contributed by atoms with Crippen LogP contribution in [-0.4, -0.2) is 27.9 Å². The fourth-order valence-corrected chi connectivity index (χ4v) is 3.58. The Morgan fingerprint density at radius 1 is 0.913 bits per heavy atom. The van der Waals surface area contributed by atoms with Crippen molar-refractivity contribution in [2.75, 3.05) is 0 Å². The number of carbonyl (C=O) groups is 3. The Morgan fingerprint density at radius 2 is 1.43 bits per heavy atom. The van der Waals surface area contributed by atoms with E-state index in [-0.39, 0.29) is 12.2 Å². The molecule has 0 spiro atoms. The van der Waals surface area contributed by atoms with Crippen LogP contribution in [-0.2, 0) is 14.4 Å². The summed E-state index contributed by atoms with van der Waals surface area (Å²) in [5.74, 6) is -2.13. The summed E-state index contributed by atoms with van der Waals surface area (Å²) in [7, 11) is 0. The van der Waals surface area contributed by atoms with E-state index in [0.717, 1.165) is 32.1 Å². The lowest BCUT2D eigenvalue weighted by Crippen LogP contribution is -2.42. The molecule has 1 atom stereocenters. The summed E-state index contributed by atoms with van der Waals surface area (Å²) in [4.78, 5) is 34.5. The predicted molar refractivity (Wildman–Crippen MR) is 89.4 cm³/mol. The van der Waals surface area contributed by atoms with Gasteiger partial charge in [0.25, 0.3) is 0 Å². The van der Waals surface area contributed by atoms with Gasteiger partial charge >= 0.3 is 11.9 Å². The van der Waals surface area contributed by atoms with E-state index in [2.05, 4.69) is 0 Å². The molecular formula is C18H32O5. The van der Waals surface area contributed by atoms with Crippen molar-refractivity contribution in [2.45, 2.75) is 85.0 Å². The Bertz CT molecular complexity index is 383. The maximum absolute atomic E-state index is 12.1. The van der Waals surface area contributed by atoms with E-state index in [1.807, 2.05) is 13.8 Å². The lowest BCUT2D eigenvalue weighted by Gasteiger charge is -2.36. The Labute approximate surface area is 139 Å². The SMILES string of the molecule is CCCC(CCC)(C(=O)O)C(CCCCCCC(=O)O)C(C)=O. The zero-order chi connectivity index (χ0) is 17.9. The topological polar surface area (TPSA) is 91.7 Å². The second kappa shape index (κ2) is 11.2. The molecule has 5 heteroatoms. The van der Waals surface area contributed by atoms with Crippen LogP contribution in [0.15, 0.2) is 0 Å². The Balaban J connectivity index is 4.79. The smallest absolute Gasteiger partial charge is 0.310 e. The van der Waals surface area contributed by atoms with Gasteiger partial charge in [-0.2, -0.15) is 0 Å². The maximum Gasteiger partial charge on any atom is 0.310 e. The summed E-state index contributed by atoms with van der Waals surface area (Å²) < 4.78 is 0.